The molecule has 1 fully saturated rings. The molecule has 23 heavy (non-hydrogen) atoms. The second-order valence-corrected chi connectivity index (χ2v) is 8.17. The summed E-state index contributed by atoms with van der Waals surface area (Å²) in [7, 11) is -0.706. The van der Waals surface area contributed by atoms with E-state index in [1.54, 1.807) is 12.1 Å². The van der Waals surface area contributed by atoms with E-state index in [1.165, 1.54) is 20.2 Å². The maximum Gasteiger partial charge on any atom is 0.279 e. The number of piperidine rings is 1. The van der Waals surface area contributed by atoms with Crippen LogP contribution in [0.3, 0.4) is 0 Å². The molecule has 0 bridgehead atoms. The molecule has 2 rings (SSSR count). The minimum Gasteiger partial charge on any atom is -0.390 e. The first kappa shape index (κ1) is 18.6. The predicted octanol–water partition coefficient (Wildman–Crippen LogP) is 0.810. The number of β-amino-alcohol motifs (C(OH)–C–C–N with tert-alkyl or cyclic N) is 1. The normalized spacial score (nSPS) is 23.4. The Bertz CT molecular complexity index is 657. The Morgan fingerprint density at radius 1 is 1.48 bits per heavy atom. The Kier molecular flexibility index (Phi) is 5.99. The van der Waals surface area contributed by atoms with Crippen molar-refractivity contribution >= 4 is 21.8 Å². The fourth-order valence-corrected chi connectivity index (χ4v) is 3.54. The van der Waals surface area contributed by atoms with Crippen molar-refractivity contribution in [1.82, 2.24) is 13.9 Å². The molecule has 1 aromatic carbocycles. The number of nitrogens with one attached hydrogen (secondary N) is 1. The predicted molar refractivity (Wildman–Crippen MR) is 86.8 cm³/mol. The fraction of sp³-hybridized carbons (Fsp3) is 0.571. The van der Waals surface area contributed by atoms with Gasteiger partial charge in [0.15, 0.2) is 0 Å². The quantitative estimate of drug-likeness (QED) is 0.810. The van der Waals surface area contributed by atoms with Crippen LogP contribution in [-0.2, 0) is 16.8 Å². The van der Waals surface area contributed by atoms with E-state index in [4.69, 9.17) is 11.6 Å². The first-order valence-corrected chi connectivity index (χ1v) is 9.05. The minimum absolute atomic E-state index is 0.0664. The van der Waals surface area contributed by atoms with E-state index >= 15 is 0 Å². The van der Waals surface area contributed by atoms with Gasteiger partial charge in [-0.2, -0.15) is 17.4 Å². The number of nitrogens with zero attached hydrogens (tertiary/aromatic N) is 2. The molecule has 1 aliphatic heterocycles. The summed E-state index contributed by atoms with van der Waals surface area (Å²) in [6.07, 6.45) is -0.321. The average Bonchev–Trinajstić information content (AvgIpc) is 2.45. The molecule has 0 aromatic heterocycles. The van der Waals surface area contributed by atoms with Gasteiger partial charge in [-0.25, -0.2) is 4.39 Å². The maximum atomic E-state index is 13.2. The molecular formula is C14H21ClFN3O3S. The molecule has 6 nitrogen and oxygen atoms in total. The zero-order valence-electron chi connectivity index (χ0n) is 13.0. The van der Waals surface area contributed by atoms with Crippen LogP contribution in [0.2, 0.25) is 5.02 Å². The molecule has 1 saturated heterocycles. The molecule has 0 radical (unpaired) electrons. The summed E-state index contributed by atoms with van der Waals surface area (Å²) in [5, 5.41) is 10.3. The number of rotatable bonds is 5. The molecule has 1 aromatic rings. The topological polar surface area (TPSA) is 72.9 Å². The third-order valence-electron chi connectivity index (χ3n) is 3.84. The maximum absolute atomic E-state index is 13.2. The fourth-order valence-electron chi connectivity index (χ4n) is 2.47. The van der Waals surface area contributed by atoms with Gasteiger partial charge in [-0.1, -0.05) is 17.7 Å². The molecular weight excluding hydrogens is 345 g/mol. The monoisotopic (exact) mass is 365 g/mol. The van der Waals surface area contributed by atoms with Gasteiger partial charge in [0.2, 0.25) is 0 Å². The van der Waals surface area contributed by atoms with Crippen LogP contribution in [0.5, 0.6) is 0 Å². The first-order chi connectivity index (χ1) is 10.7. The van der Waals surface area contributed by atoms with E-state index in [1.807, 2.05) is 4.90 Å². The number of benzene rings is 1. The Balaban J connectivity index is 1.94. The van der Waals surface area contributed by atoms with Crippen LogP contribution in [0.25, 0.3) is 0 Å². The van der Waals surface area contributed by atoms with Crippen molar-refractivity contribution in [3.8, 4) is 0 Å². The number of aliphatic hydroxyl groups is 1. The van der Waals surface area contributed by atoms with Crippen LogP contribution in [0.15, 0.2) is 18.2 Å². The zero-order chi connectivity index (χ0) is 17.2. The Morgan fingerprint density at radius 2 is 2.17 bits per heavy atom. The van der Waals surface area contributed by atoms with Crippen LogP contribution in [-0.4, -0.2) is 62.1 Å². The van der Waals surface area contributed by atoms with Crippen molar-refractivity contribution < 1.29 is 17.9 Å². The lowest BCUT2D eigenvalue weighted by Gasteiger charge is -2.36. The van der Waals surface area contributed by atoms with Gasteiger partial charge >= 0.3 is 0 Å². The van der Waals surface area contributed by atoms with Crippen molar-refractivity contribution in [1.29, 1.82) is 0 Å². The van der Waals surface area contributed by atoms with E-state index in [-0.39, 0.29) is 5.02 Å². The lowest BCUT2D eigenvalue weighted by Crippen LogP contribution is -2.55. The van der Waals surface area contributed by atoms with Gasteiger partial charge in [-0.15, -0.1) is 0 Å². The van der Waals surface area contributed by atoms with Gasteiger partial charge < -0.3 is 5.11 Å². The van der Waals surface area contributed by atoms with Crippen LogP contribution in [0, 0.1) is 5.82 Å². The first-order valence-electron chi connectivity index (χ1n) is 7.23. The third-order valence-corrected chi connectivity index (χ3v) is 5.69. The molecule has 0 saturated carbocycles. The van der Waals surface area contributed by atoms with Crippen molar-refractivity contribution in [2.24, 2.45) is 0 Å². The van der Waals surface area contributed by atoms with E-state index < -0.39 is 28.2 Å². The Morgan fingerprint density at radius 3 is 2.74 bits per heavy atom. The highest BCUT2D eigenvalue weighted by atomic mass is 35.5. The van der Waals surface area contributed by atoms with Crippen molar-refractivity contribution in [3.05, 3.63) is 34.6 Å². The van der Waals surface area contributed by atoms with E-state index in [0.717, 1.165) is 9.87 Å². The third kappa shape index (κ3) is 4.85. The number of hydrogen-bond acceptors (Lipinski definition) is 4. The van der Waals surface area contributed by atoms with Crippen LogP contribution in [0.1, 0.15) is 12.0 Å². The molecule has 1 heterocycles. The van der Waals surface area contributed by atoms with Crippen LogP contribution >= 0.6 is 11.6 Å². The van der Waals surface area contributed by atoms with E-state index in [0.29, 0.717) is 26.1 Å². The molecule has 0 aliphatic carbocycles. The van der Waals surface area contributed by atoms with E-state index in [9.17, 15) is 17.9 Å². The number of halogens is 2. The smallest absolute Gasteiger partial charge is 0.279 e. The highest BCUT2D eigenvalue weighted by Crippen LogP contribution is 2.19. The lowest BCUT2D eigenvalue weighted by molar-refractivity contribution is 0.0441. The zero-order valence-corrected chi connectivity index (χ0v) is 14.6. The van der Waals surface area contributed by atoms with Gasteiger partial charge in [0.05, 0.1) is 17.2 Å². The molecule has 0 unspecified atom stereocenters. The highest BCUT2D eigenvalue weighted by Gasteiger charge is 2.31. The lowest BCUT2D eigenvalue weighted by atomic mass is 10.0. The molecule has 2 atom stereocenters. The van der Waals surface area contributed by atoms with Crippen molar-refractivity contribution in [2.45, 2.75) is 25.1 Å². The summed E-state index contributed by atoms with van der Waals surface area (Å²) < 4.78 is 40.4. The summed E-state index contributed by atoms with van der Waals surface area (Å²) in [6, 6.07) is 4.00. The second kappa shape index (κ2) is 7.42. The van der Waals surface area contributed by atoms with Gasteiger partial charge in [0.25, 0.3) is 10.2 Å². The molecule has 0 spiro atoms. The summed E-state index contributed by atoms with van der Waals surface area (Å²) in [6.45, 7) is 1.46. The number of hydrogen-bond donors (Lipinski definition) is 2. The largest absolute Gasteiger partial charge is 0.390 e. The van der Waals surface area contributed by atoms with Crippen LogP contribution in [0.4, 0.5) is 4.39 Å². The summed E-state index contributed by atoms with van der Waals surface area (Å²) in [4.78, 5) is 1.98. The van der Waals surface area contributed by atoms with Crippen LogP contribution < -0.4 is 4.72 Å². The van der Waals surface area contributed by atoms with Gasteiger partial charge in [0.1, 0.15) is 5.82 Å². The molecule has 1 aliphatic rings. The summed E-state index contributed by atoms with van der Waals surface area (Å²) in [5.41, 5.74) is 0.843. The Labute approximate surface area is 141 Å². The average molecular weight is 366 g/mol. The summed E-state index contributed by atoms with van der Waals surface area (Å²) in [5.74, 6) is -0.466. The minimum atomic E-state index is -3.57. The second-order valence-electron chi connectivity index (χ2n) is 5.85. The van der Waals surface area contributed by atoms with Gasteiger partial charge in [-0.05, 0) is 24.1 Å². The summed E-state index contributed by atoms with van der Waals surface area (Å²) >= 11 is 5.76. The molecule has 2 N–H and O–H groups in total. The standard InChI is InChI=1S/C14H21ClFN3O3S/c1-18(2)23(21,22)17-13-5-6-19(9-14(13)20)8-10-3-4-12(16)11(15)7-10/h3-4,7,13-14,17,20H,5-6,8-9H2,1-2H3/t13-,14-/m0/s1. The van der Waals surface area contributed by atoms with Crippen molar-refractivity contribution in [3.63, 3.8) is 0 Å². The highest BCUT2D eigenvalue weighted by molar-refractivity contribution is 7.87. The van der Waals surface area contributed by atoms with Gasteiger partial charge in [-0.3, -0.25) is 4.90 Å². The number of aliphatic hydroxyl groups excluding tert-OH is 1. The molecule has 9 heteroatoms. The molecule has 0 amide bonds. The van der Waals surface area contributed by atoms with E-state index in [2.05, 4.69) is 4.72 Å². The number of likely N-dealkylation sites (tertiary alicyclic amines) is 1. The van der Waals surface area contributed by atoms with Gasteiger partial charge in [0, 0.05) is 33.7 Å². The molecule has 130 valence electrons. The SMILES string of the molecule is CN(C)S(=O)(=O)N[C@H]1CCN(Cc2ccc(F)c(Cl)c2)C[C@@H]1O. The Hall–Kier alpha value is -0.770. The van der Waals surface area contributed by atoms with Crippen molar-refractivity contribution in [2.75, 3.05) is 27.2 Å².